The first kappa shape index (κ1) is 29.7. The molecule has 0 N–H and O–H groups in total. The van der Waals surface area contributed by atoms with Crippen LogP contribution in [0, 0.1) is 27.7 Å². The second kappa shape index (κ2) is 12.1. The Bertz CT molecular complexity index is 2360. The fourth-order valence-corrected chi connectivity index (χ4v) is 7.17. The maximum absolute atomic E-state index is 2.43. The van der Waals surface area contributed by atoms with Crippen molar-refractivity contribution in [2.75, 3.05) is 0 Å². The summed E-state index contributed by atoms with van der Waals surface area (Å²) in [6.45, 7) is 8.67. The number of benzene rings is 6. The molecule has 0 amide bonds. The van der Waals surface area contributed by atoms with Crippen LogP contribution in [0.25, 0.3) is 77.5 Å². The van der Waals surface area contributed by atoms with Crippen LogP contribution in [0.15, 0.2) is 158 Å². The number of hydrogen-bond acceptors (Lipinski definition) is 0. The van der Waals surface area contributed by atoms with E-state index in [9.17, 15) is 0 Å². The van der Waals surface area contributed by atoms with Crippen molar-refractivity contribution in [1.82, 2.24) is 0 Å². The number of fused-ring (bicyclic) bond motifs is 3. The highest BCUT2D eigenvalue weighted by Crippen LogP contribution is 2.54. The third kappa shape index (κ3) is 5.30. The van der Waals surface area contributed by atoms with E-state index in [4.69, 9.17) is 0 Å². The van der Waals surface area contributed by atoms with Crippen molar-refractivity contribution in [3.8, 4) is 66.8 Å². The molecule has 0 heterocycles. The molecule has 0 aromatic heterocycles. The molecular formula is C48H38. The first-order chi connectivity index (χ1) is 23.4. The lowest BCUT2D eigenvalue weighted by Gasteiger charge is -2.24. The Labute approximate surface area is 284 Å². The van der Waals surface area contributed by atoms with Gasteiger partial charge in [0.15, 0.2) is 0 Å². The molecular weight excluding hydrogens is 577 g/mol. The van der Waals surface area contributed by atoms with Gasteiger partial charge in [0.1, 0.15) is 0 Å². The van der Waals surface area contributed by atoms with Crippen molar-refractivity contribution >= 4 is 10.8 Å². The highest BCUT2D eigenvalue weighted by atomic mass is 14.3. The molecule has 0 atom stereocenters. The fraction of sp³-hybridized carbons (Fsp3) is 0.0833. The van der Waals surface area contributed by atoms with Crippen LogP contribution < -0.4 is 0 Å². The summed E-state index contributed by atoms with van der Waals surface area (Å²) in [4.78, 5) is 0. The summed E-state index contributed by atoms with van der Waals surface area (Å²) < 4.78 is 0. The molecule has 2 aliphatic rings. The zero-order valence-electron chi connectivity index (χ0n) is 28.0. The van der Waals surface area contributed by atoms with Gasteiger partial charge in [-0.05, 0) is 111 Å². The topological polar surface area (TPSA) is 0 Å². The van der Waals surface area contributed by atoms with Gasteiger partial charge in [0, 0.05) is 0 Å². The van der Waals surface area contributed by atoms with Crippen molar-refractivity contribution in [3.05, 3.63) is 180 Å². The number of rotatable bonds is 5. The normalized spacial score (nSPS) is 11.3. The smallest absolute Gasteiger partial charge is 0.00137 e. The molecule has 2 aliphatic carbocycles. The lowest BCUT2D eigenvalue weighted by atomic mass is 9.79. The molecule has 0 aliphatic heterocycles. The fourth-order valence-electron chi connectivity index (χ4n) is 7.17. The Morgan fingerprint density at radius 1 is 0.271 bits per heavy atom. The molecule has 230 valence electrons. The van der Waals surface area contributed by atoms with Gasteiger partial charge >= 0.3 is 0 Å². The second-order valence-corrected chi connectivity index (χ2v) is 13.3. The summed E-state index contributed by atoms with van der Waals surface area (Å²) in [7, 11) is 0. The van der Waals surface area contributed by atoms with Crippen LogP contribution in [-0.2, 0) is 0 Å². The average molecular weight is 615 g/mol. The molecule has 6 aromatic carbocycles. The van der Waals surface area contributed by atoms with Gasteiger partial charge in [-0.1, -0.05) is 174 Å². The lowest BCUT2D eigenvalue weighted by Crippen LogP contribution is -1.97. The number of aryl methyl sites for hydroxylation is 4. The molecule has 48 heavy (non-hydrogen) atoms. The summed E-state index contributed by atoms with van der Waals surface area (Å²) in [5.41, 5.74) is 20.0. The average Bonchev–Trinajstić information content (AvgIpc) is 3.33. The summed E-state index contributed by atoms with van der Waals surface area (Å²) in [5.74, 6) is 0. The van der Waals surface area contributed by atoms with Crippen LogP contribution in [0.2, 0.25) is 0 Å². The molecule has 0 bridgehead atoms. The molecule has 0 unspecified atom stereocenters. The quantitative estimate of drug-likeness (QED) is 0.181. The maximum Gasteiger partial charge on any atom is -0.00137 e. The van der Waals surface area contributed by atoms with E-state index in [2.05, 4.69) is 185 Å². The summed E-state index contributed by atoms with van der Waals surface area (Å²) in [6, 6.07) is 58.8. The monoisotopic (exact) mass is 614 g/mol. The molecule has 0 fully saturated rings. The predicted octanol–water partition coefficient (Wildman–Crippen LogP) is 13.5. The molecule has 0 saturated carbocycles. The minimum Gasteiger partial charge on any atom is -0.0622 e. The van der Waals surface area contributed by atoms with E-state index in [1.165, 1.54) is 99.8 Å². The Morgan fingerprint density at radius 3 is 1.12 bits per heavy atom. The van der Waals surface area contributed by atoms with Crippen molar-refractivity contribution < 1.29 is 0 Å². The third-order valence-electron chi connectivity index (χ3n) is 9.76. The van der Waals surface area contributed by atoms with Crippen LogP contribution >= 0.6 is 0 Å². The van der Waals surface area contributed by atoms with Gasteiger partial charge in [0.05, 0.1) is 0 Å². The van der Waals surface area contributed by atoms with Crippen molar-refractivity contribution in [2.24, 2.45) is 0 Å². The zero-order valence-corrected chi connectivity index (χ0v) is 28.0. The highest BCUT2D eigenvalue weighted by molar-refractivity contribution is 6.24. The summed E-state index contributed by atoms with van der Waals surface area (Å²) in [5, 5.41) is 2.58. The Morgan fingerprint density at radius 2 is 0.625 bits per heavy atom. The Kier molecular flexibility index (Phi) is 7.50. The van der Waals surface area contributed by atoms with Gasteiger partial charge < -0.3 is 0 Å². The minimum absolute atomic E-state index is 1.21. The molecule has 0 spiro atoms. The molecule has 8 rings (SSSR count). The van der Waals surface area contributed by atoms with E-state index in [0.29, 0.717) is 0 Å². The molecule has 6 aromatic rings. The van der Waals surface area contributed by atoms with Gasteiger partial charge in [-0.15, -0.1) is 0 Å². The van der Waals surface area contributed by atoms with E-state index in [1.54, 1.807) is 0 Å². The van der Waals surface area contributed by atoms with Gasteiger partial charge in [-0.3, -0.25) is 0 Å². The number of hydrogen-bond donors (Lipinski definition) is 0. The predicted molar refractivity (Wildman–Crippen MR) is 207 cm³/mol. The first-order valence-corrected chi connectivity index (χ1v) is 16.8. The van der Waals surface area contributed by atoms with Crippen LogP contribution in [0.1, 0.15) is 22.3 Å². The Hall–Kier alpha value is -5.72. The van der Waals surface area contributed by atoms with E-state index < -0.39 is 0 Å². The lowest BCUT2D eigenvalue weighted by molar-refractivity contribution is 1.45. The molecule has 0 radical (unpaired) electrons. The summed E-state index contributed by atoms with van der Waals surface area (Å²) in [6.07, 6.45) is 0. The van der Waals surface area contributed by atoms with Crippen molar-refractivity contribution in [1.29, 1.82) is 0 Å². The third-order valence-corrected chi connectivity index (χ3v) is 9.76. The maximum atomic E-state index is 2.43. The van der Waals surface area contributed by atoms with Gasteiger partial charge in [-0.25, -0.2) is 0 Å². The van der Waals surface area contributed by atoms with E-state index >= 15 is 0 Å². The SMILES string of the molecule is Cc1ccc(-c2c(-c3ccc(C)cc3)c(-c3ccc(C)cc3)c3c4ccc(-c5ccccc5)ccc-4cc3c2-c2ccc(C)cc2)cc1. The first-order valence-electron chi connectivity index (χ1n) is 16.8. The van der Waals surface area contributed by atoms with Crippen molar-refractivity contribution in [3.63, 3.8) is 0 Å². The van der Waals surface area contributed by atoms with Crippen LogP contribution in [0.4, 0.5) is 0 Å². The van der Waals surface area contributed by atoms with Crippen LogP contribution in [0.3, 0.4) is 0 Å². The van der Waals surface area contributed by atoms with E-state index in [0.717, 1.165) is 0 Å². The Balaban J connectivity index is 1.60. The largest absolute Gasteiger partial charge is 0.0622 e. The van der Waals surface area contributed by atoms with Crippen LogP contribution in [0.5, 0.6) is 0 Å². The van der Waals surface area contributed by atoms with Gasteiger partial charge in [0.25, 0.3) is 0 Å². The molecule has 0 saturated heterocycles. The van der Waals surface area contributed by atoms with Crippen LogP contribution in [-0.4, -0.2) is 0 Å². The summed E-state index contributed by atoms with van der Waals surface area (Å²) >= 11 is 0. The van der Waals surface area contributed by atoms with Crippen molar-refractivity contribution in [2.45, 2.75) is 27.7 Å². The molecule has 0 nitrogen and oxygen atoms in total. The van der Waals surface area contributed by atoms with Gasteiger partial charge in [0.2, 0.25) is 0 Å². The van der Waals surface area contributed by atoms with E-state index in [1.807, 2.05) is 0 Å². The minimum atomic E-state index is 1.21. The van der Waals surface area contributed by atoms with E-state index in [-0.39, 0.29) is 0 Å². The second-order valence-electron chi connectivity index (χ2n) is 13.3. The standard InChI is InChI=1S/C48H38/c1-31-10-18-37(19-11-31)44-43-30-41-27-26-36(35-8-6-5-7-9-35)28-29-42(41)48(43)47(40-24-16-34(4)17-25-40)46(39-22-14-33(3)15-23-39)45(44)38-20-12-32(2)13-21-38/h5-30H,1-4H3. The molecule has 0 heteroatoms. The highest BCUT2D eigenvalue weighted by Gasteiger charge is 2.27. The van der Waals surface area contributed by atoms with Gasteiger partial charge in [-0.2, -0.15) is 0 Å². The zero-order chi connectivity index (χ0) is 32.8.